The molecule has 0 saturated heterocycles. The van der Waals surface area contributed by atoms with E-state index in [9.17, 15) is 14.4 Å². The average molecular weight is 329 g/mol. The van der Waals surface area contributed by atoms with Crippen molar-refractivity contribution in [2.24, 2.45) is 5.92 Å². The first-order valence-electron chi connectivity index (χ1n) is 8.57. The van der Waals surface area contributed by atoms with E-state index in [0.717, 1.165) is 19.3 Å². The van der Waals surface area contributed by atoms with Gasteiger partial charge in [0.15, 0.2) is 0 Å². The van der Waals surface area contributed by atoms with Crippen LogP contribution in [0.25, 0.3) is 10.9 Å². The van der Waals surface area contributed by atoms with Gasteiger partial charge in [0.05, 0.1) is 10.9 Å². The molecule has 2 N–H and O–H groups in total. The van der Waals surface area contributed by atoms with Gasteiger partial charge in [-0.15, -0.1) is 0 Å². The fourth-order valence-corrected chi connectivity index (χ4v) is 3.49. The molecule has 1 aliphatic carbocycles. The van der Waals surface area contributed by atoms with Gasteiger partial charge in [0.2, 0.25) is 5.91 Å². The van der Waals surface area contributed by atoms with Gasteiger partial charge in [-0.1, -0.05) is 31.9 Å². The Morgan fingerprint density at radius 3 is 2.79 bits per heavy atom. The largest absolute Gasteiger partial charge is 0.353 e. The van der Waals surface area contributed by atoms with Crippen LogP contribution in [0.5, 0.6) is 0 Å². The quantitative estimate of drug-likeness (QED) is 0.897. The number of aryl methyl sites for hydroxylation is 1. The zero-order valence-corrected chi connectivity index (χ0v) is 13.9. The van der Waals surface area contributed by atoms with Crippen molar-refractivity contribution in [3.05, 3.63) is 45.1 Å². The number of amides is 1. The van der Waals surface area contributed by atoms with Crippen LogP contribution in [-0.2, 0) is 11.3 Å². The Balaban J connectivity index is 1.73. The highest BCUT2D eigenvalue weighted by atomic mass is 16.2. The van der Waals surface area contributed by atoms with Gasteiger partial charge in [-0.05, 0) is 30.9 Å². The van der Waals surface area contributed by atoms with E-state index in [0.29, 0.717) is 16.8 Å². The van der Waals surface area contributed by atoms with Gasteiger partial charge >= 0.3 is 5.69 Å². The third kappa shape index (κ3) is 3.42. The molecule has 24 heavy (non-hydrogen) atoms. The van der Waals surface area contributed by atoms with Crippen LogP contribution in [-0.4, -0.2) is 21.5 Å². The summed E-state index contributed by atoms with van der Waals surface area (Å²) in [7, 11) is 0. The lowest BCUT2D eigenvalue weighted by Crippen LogP contribution is -2.41. The minimum absolute atomic E-state index is 0.0454. The van der Waals surface area contributed by atoms with Crippen molar-refractivity contribution < 1.29 is 4.79 Å². The summed E-state index contributed by atoms with van der Waals surface area (Å²) in [5.41, 5.74) is -0.310. The van der Waals surface area contributed by atoms with Gasteiger partial charge in [-0.2, -0.15) is 0 Å². The van der Waals surface area contributed by atoms with Crippen LogP contribution in [0, 0.1) is 5.92 Å². The standard InChI is InChI=1S/C18H23N3O3/c1-12-6-2-4-8-14(12)19-16(22)10-11-21-15-9-5-3-7-13(15)17(23)20-18(21)24/h3,5,7,9,12,14H,2,4,6,8,10-11H2,1H3,(H,19,22)(H,20,23,24)/t12-,14-/m1/s1. The van der Waals surface area contributed by atoms with Crippen molar-refractivity contribution in [3.8, 4) is 0 Å². The van der Waals surface area contributed by atoms with Crippen molar-refractivity contribution in [1.82, 2.24) is 14.9 Å². The fourth-order valence-electron chi connectivity index (χ4n) is 3.49. The number of nitrogens with one attached hydrogen (secondary N) is 2. The normalized spacial score (nSPS) is 20.9. The van der Waals surface area contributed by atoms with Crippen LogP contribution in [0.3, 0.4) is 0 Å². The first-order valence-corrected chi connectivity index (χ1v) is 8.57. The Bertz CT molecular complexity index is 852. The number of hydrogen-bond acceptors (Lipinski definition) is 3. The molecule has 0 bridgehead atoms. The number of fused-ring (bicyclic) bond motifs is 1. The number of para-hydroxylation sites is 1. The third-order valence-corrected chi connectivity index (χ3v) is 4.93. The highest BCUT2D eigenvalue weighted by molar-refractivity contribution is 5.79. The van der Waals surface area contributed by atoms with Gasteiger partial charge in [0.1, 0.15) is 0 Å². The first kappa shape index (κ1) is 16.5. The van der Waals surface area contributed by atoms with Gasteiger partial charge in [-0.25, -0.2) is 4.79 Å². The number of hydrogen-bond donors (Lipinski definition) is 2. The van der Waals surface area contributed by atoms with Gasteiger partial charge in [0.25, 0.3) is 5.56 Å². The molecular formula is C18H23N3O3. The number of carbonyl (C=O) groups excluding carboxylic acids is 1. The number of carbonyl (C=O) groups is 1. The zero-order valence-electron chi connectivity index (χ0n) is 13.9. The predicted octanol–water partition coefficient (Wildman–Crippen LogP) is 1.77. The lowest BCUT2D eigenvalue weighted by atomic mass is 9.86. The van der Waals surface area contributed by atoms with Crippen LogP contribution in [0.15, 0.2) is 33.9 Å². The number of nitrogens with zero attached hydrogens (tertiary/aromatic N) is 1. The maximum atomic E-state index is 12.2. The van der Waals surface area contributed by atoms with Crippen molar-refractivity contribution >= 4 is 16.8 Å². The zero-order chi connectivity index (χ0) is 17.1. The molecule has 0 radical (unpaired) electrons. The molecule has 128 valence electrons. The second-order valence-corrected chi connectivity index (χ2v) is 6.61. The monoisotopic (exact) mass is 329 g/mol. The molecule has 1 aromatic carbocycles. The lowest BCUT2D eigenvalue weighted by molar-refractivity contribution is -0.122. The highest BCUT2D eigenvalue weighted by Crippen LogP contribution is 2.23. The molecule has 6 heteroatoms. The molecule has 2 atom stereocenters. The second-order valence-electron chi connectivity index (χ2n) is 6.61. The second kappa shape index (κ2) is 7.03. The number of rotatable bonds is 4. The minimum atomic E-state index is -0.475. The summed E-state index contributed by atoms with van der Waals surface area (Å²) in [6.07, 6.45) is 4.77. The summed E-state index contributed by atoms with van der Waals surface area (Å²) in [6.45, 7) is 2.42. The van der Waals surface area contributed by atoms with Gasteiger partial charge < -0.3 is 5.32 Å². The van der Waals surface area contributed by atoms with Crippen molar-refractivity contribution in [3.63, 3.8) is 0 Å². The number of aromatic amines is 1. The average Bonchev–Trinajstić information content (AvgIpc) is 2.57. The Kier molecular flexibility index (Phi) is 4.83. The molecule has 1 aliphatic rings. The highest BCUT2D eigenvalue weighted by Gasteiger charge is 2.22. The molecule has 1 fully saturated rings. The molecule has 1 amide bonds. The van der Waals surface area contributed by atoms with Crippen LogP contribution in [0.1, 0.15) is 39.0 Å². The minimum Gasteiger partial charge on any atom is -0.353 e. The molecule has 0 unspecified atom stereocenters. The Morgan fingerprint density at radius 2 is 2.00 bits per heavy atom. The smallest absolute Gasteiger partial charge is 0.328 e. The van der Waals surface area contributed by atoms with E-state index in [1.165, 1.54) is 11.0 Å². The summed E-state index contributed by atoms with van der Waals surface area (Å²) in [5.74, 6) is 0.454. The molecule has 1 aromatic heterocycles. The van der Waals surface area contributed by atoms with E-state index in [4.69, 9.17) is 0 Å². The maximum Gasteiger partial charge on any atom is 0.328 e. The van der Waals surface area contributed by atoms with E-state index in [2.05, 4.69) is 17.2 Å². The van der Waals surface area contributed by atoms with E-state index in [-0.39, 0.29) is 24.9 Å². The van der Waals surface area contributed by atoms with Crippen molar-refractivity contribution in [2.45, 2.75) is 51.6 Å². The Morgan fingerprint density at radius 1 is 1.25 bits per heavy atom. The molecule has 0 spiro atoms. The SMILES string of the molecule is C[C@@H]1CCCC[C@H]1NC(=O)CCn1c(=O)[nH]c(=O)c2ccccc21. The first-order chi connectivity index (χ1) is 11.6. The van der Waals surface area contributed by atoms with Crippen LogP contribution >= 0.6 is 0 Å². The Hall–Kier alpha value is -2.37. The van der Waals surface area contributed by atoms with Crippen molar-refractivity contribution in [2.75, 3.05) is 0 Å². The predicted molar refractivity (Wildman–Crippen MR) is 93.0 cm³/mol. The van der Waals surface area contributed by atoms with Crippen LogP contribution in [0.2, 0.25) is 0 Å². The summed E-state index contributed by atoms with van der Waals surface area (Å²) in [5, 5.41) is 3.55. The molecule has 0 aliphatic heterocycles. The fraction of sp³-hybridized carbons (Fsp3) is 0.500. The maximum absolute atomic E-state index is 12.2. The topological polar surface area (TPSA) is 84.0 Å². The summed E-state index contributed by atoms with van der Waals surface area (Å²) in [6, 6.07) is 7.17. The van der Waals surface area contributed by atoms with Crippen molar-refractivity contribution in [1.29, 1.82) is 0 Å². The van der Waals surface area contributed by atoms with Gasteiger partial charge in [0, 0.05) is 19.0 Å². The molecule has 1 saturated carbocycles. The van der Waals surface area contributed by atoms with E-state index >= 15 is 0 Å². The number of aromatic nitrogens is 2. The molecule has 6 nitrogen and oxygen atoms in total. The van der Waals surface area contributed by atoms with E-state index in [1.54, 1.807) is 24.3 Å². The van der Waals surface area contributed by atoms with Gasteiger partial charge in [-0.3, -0.25) is 19.1 Å². The van der Waals surface area contributed by atoms with E-state index < -0.39 is 11.2 Å². The lowest BCUT2D eigenvalue weighted by Gasteiger charge is -2.29. The van der Waals surface area contributed by atoms with Crippen LogP contribution in [0.4, 0.5) is 0 Å². The molecule has 2 aromatic rings. The van der Waals surface area contributed by atoms with E-state index in [1.807, 2.05) is 0 Å². The van der Waals surface area contributed by atoms with Crippen LogP contribution < -0.4 is 16.6 Å². The molecular weight excluding hydrogens is 306 g/mol. The molecule has 3 rings (SSSR count). The summed E-state index contributed by atoms with van der Waals surface area (Å²) in [4.78, 5) is 38.5. The summed E-state index contributed by atoms with van der Waals surface area (Å²) >= 11 is 0. The number of benzene rings is 1. The molecule has 1 heterocycles. The number of H-pyrrole nitrogens is 1. The Labute approximate surface area is 139 Å². The summed E-state index contributed by atoms with van der Waals surface area (Å²) < 4.78 is 1.46. The third-order valence-electron chi connectivity index (χ3n) is 4.93.